The summed E-state index contributed by atoms with van der Waals surface area (Å²) in [6.07, 6.45) is 3.16. The number of amides is 2. The van der Waals surface area contributed by atoms with E-state index in [1.54, 1.807) is 25.4 Å². The van der Waals surface area contributed by atoms with Gasteiger partial charge >= 0.3 is 0 Å². The Morgan fingerprint density at radius 2 is 1.74 bits per heavy atom. The number of ether oxygens (including phenoxy) is 2. The Labute approximate surface area is 205 Å². The average molecular weight is 477 g/mol. The number of hydrogen-bond donors (Lipinski definition) is 2. The van der Waals surface area contributed by atoms with Gasteiger partial charge in [-0.2, -0.15) is 0 Å². The Hall–Kier alpha value is -3.65. The summed E-state index contributed by atoms with van der Waals surface area (Å²) in [6.45, 7) is 5.34. The van der Waals surface area contributed by atoms with E-state index < -0.39 is 0 Å². The highest BCUT2D eigenvalue weighted by Gasteiger charge is 2.28. The number of fused-ring (bicyclic) bond motifs is 1. The molecule has 2 N–H and O–H groups in total. The topological polar surface area (TPSA) is 94.5 Å². The molecule has 0 aliphatic carbocycles. The molecule has 4 rings (SSSR count). The van der Waals surface area contributed by atoms with Crippen molar-refractivity contribution in [2.45, 2.75) is 51.9 Å². The summed E-state index contributed by atoms with van der Waals surface area (Å²) >= 11 is 0. The fraction of sp³-hybridized carbons (Fsp3) is 0.370. The summed E-state index contributed by atoms with van der Waals surface area (Å²) in [6, 6.07) is 14.9. The molecule has 2 atom stereocenters. The lowest BCUT2D eigenvalue weighted by Gasteiger charge is -2.22. The van der Waals surface area contributed by atoms with E-state index in [9.17, 15) is 9.59 Å². The lowest BCUT2D eigenvalue weighted by molar-refractivity contribution is 0.0773. The van der Waals surface area contributed by atoms with Crippen LogP contribution in [0.1, 0.15) is 76.4 Å². The van der Waals surface area contributed by atoms with Crippen molar-refractivity contribution in [2.75, 3.05) is 13.7 Å². The predicted molar refractivity (Wildman–Crippen MR) is 132 cm³/mol. The molecule has 0 unspecified atom stereocenters. The van der Waals surface area contributed by atoms with E-state index >= 15 is 0 Å². The van der Waals surface area contributed by atoms with Gasteiger partial charge in [0.05, 0.1) is 43.7 Å². The van der Waals surface area contributed by atoms with Crippen molar-refractivity contribution in [1.82, 2.24) is 20.2 Å². The third-order valence-corrected chi connectivity index (χ3v) is 6.38. The normalized spacial score (nSPS) is 14.5. The van der Waals surface area contributed by atoms with Crippen molar-refractivity contribution in [3.05, 3.63) is 82.8 Å². The molecule has 0 bridgehead atoms. The van der Waals surface area contributed by atoms with Crippen LogP contribution in [0, 0.1) is 0 Å². The van der Waals surface area contributed by atoms with Crippen molar-refractivity contribution in [3.63, 3.8) is 0 Å². The summed E-state index contributed by atoms with van der Waals surface area (Å²) in [5.74, 6) is 0.0810. The van der Waals surface area contributed by atoms with Crippen LogP contribution < -0.4 is 15.4 Å². The Morgan fingerprint density at radius 3 is 2.40 bits per heavy atom. The zero-order valence-electron chi connectivity index (χ0n) is 20.4. The van der Waals surface area contributed by atoms with Crippen LogP contribution in [0.3, 0.4) is 0 Å². The molecule has 0 radical (unpaired) electrons. The third-order valence-electron chi connectivity index (χ3n) is 6.38. The molecule has 1 aliphatic heterocycles. The summed E-state index contributed by atoms with van der Waals surface area (Å²) in [7, 11) is 1.57. The first-order chi connectivity index (χ1) is 17.0. The number of carbonyl (C=O) groups excluding carboxylic acids is 2. The molecule has 3 aromatic rings. The smallest absolute Gasteiger partial charge is 0.268 e. The highest BCUT2D eigenvalue weighted by Crippen LogP contribution is 2.25. The molecule has 184 valence electrons. The number of pyridine rings is 1. The van der Waals surface area contributed by atoms with Crippen LogP contribution in [-0.2, 0) is 17.9 Å². The Morgan fingerprint density at radius 1 is 1.03 bits per heavy atom. The lowest BCUT2D eigenvalue weighted by Crippen LogP contribution is -2.31. The van der Waals surface area contributed by atoms with Crippen LogP contribution in [0.5, 0.6) is 5.88 Å². The number of carbonyl (C=O) groups is 2. The Balaban J connectivity index is 1.57. The Kier molecular flexibility index (Phi) is 7.82. The maximum absolute atomic E-state index is 13.4. The van der Waals surface area contributed by atoms with Crippen LogP contribution in [0.15, 0.2) is 54.7 Å². The van der Waals surface area contributed by atoms with Gasteiger partial charge in [0.15, 0.2) is 0 Å². The highest BCUT2D eigenvalue weighted by molar-refractivity contribution is 6.01. The van der Waals surface area contributed by atoms with Crippen molar-refractivity contribution < 1.29 is 19.1 Å². The molecule has 35 heavy (non-hydrogen) atoms. The molecule has 2 aromatic heterocycles. The first-order valence-electron chi connectivity index (χ1n) is 12.0. The first kappa shape index (κ1) is 24.5. The molecule has 8 heteroatoms. The average Bonchev–Trinajstić information content (AvgIpc) is 3.31. The van der Waals surface area contributed by atoms with E-state index in [1.807, 2.05) is 54.8 Å². The molecule has 2 amide bonds. The number of benzene rings is 1. The minimum Gasteiger partial charge on any atom is -0.481 e. The van der Waals surface area contributed by atoms with Crippen LogP contribution in [0.4, 0.5) is 0 Å². The number of nitrogens with zero attached hydrogens (tertiary/aromatic N) is 2. The predicted octanol–water partition coefficient (Wildman–Crippen LogP) is 4.18. The van der Waals surface area contributed by atoms with Gasteiger partial charge in [-0.25, -0.2) is 4.98 Å². The van der Waals surface area contributed by atoms with E-state index in [2.05, 4.69) is 15.6 Å². The molecular weight excluding hydrogens is 444 g/mol. The van der Waals surface area contributed by atoms with E-state index in [1.165, 1.54) is 0 Å². The van der Waals surface area contributed by atoms with Gasteiger partial charge in [0.1, 0.15) is 5.69 Å². The van der Waals surface area contributed by atoms with Crippen molar-refractivity contribution in [3.8, 4) is 5.88 Å². The fourth-order valence-electron chi connectivity index (χ4n) is 4.42. The molecular formula is C27H32N4O4. The maximum atomic E-state index is 13.4. The quantitative estimate of drug-likeness (QED) is 0.483. The van der Waals surface area contributed by atoms with Crippen LogP contribution in [-0.4, -0.2) is 35.1 Å². The van der Waals surface area contributed by atoms with Crippen LogP contribution >= 0.6 is 0 Å². The van der Waals surface area contributed by atoms with Gasteiger partial charge in [0.2, 0.25) is 5.88 Å². The van der Waals surface area contributed by atoms with E-state index in [0.29, 0.717) is 36.7 Å². The highest BCUT2D eigenvalue weighted by atomic mass is 16.5. The van der Waals surface area contributed by atoms with E-state index in [0.717, 1.165) is 23.2 Å². The van der Waals surface area contributed by atoms with Crippen molar-refractivity contribution in [1.29, 1.82) is 0 Å². The van der Waals surface area contributed by atoms with E-state index in [4.69, 9.17) is 9.47 Å². The molecule has 1 aliphatic rings. The third kappa shape index (κ3) is 5.38. The number of hydrogen-bond acceptors (Lipinski definition) is 5. The molecule has 0 saturated carbocycles. The lowest BCUT2D eigenvalue weighted by atomic mass is 10.0. The molecule has 0 fully saturated rings. The first-order valence-corrected chi connectivity index (χ1v) is 12.0. The minimum atomic E-state index is -0.232. The standard InChI is InChI=1S/C27H32N4O4/c1-4-21(18-9-7-6-8-10-18)29-26(32)20-15-23(31-13-14-35-17-24(20)31)27(33)30-22(5-2)19-11-12-25(34-3)28-16-19/h6-12,15-16,21-22H,4-5,13-14,17H2,1-3H3,(H,29,32)(H,30,33)/t21-,22-/m1/s1. The summed E-state index contributed by atoms with van der Waals surface area (Å²) in [4.78, 5) is 30.9. The second kappa shape index (κ2) is 11.2. The second-order valence-electron chi connectivity index (χ2n) is 8.51. The summed E-state index contributed by atoms with van der Waals surface area (Å²) < 4.78 is 12.7. The molecule has 1 aromatic carbocycles. The Bertz CT molecular complexity index is 1160. The van der Waals surface area contributed by atoms with Crippen molar-refractivity contribution >= 4 is 11.8 Å². The maximum Gasteiger partial charge on any atom is 0.268 e. The van der Waals surface area contributed by atoms with Gasteiger partial charge in [0, 0.05) is 18.8 Å². The number of rotatable bonds is 9. The number of aromatic nitrogens is 2. The molecule has 0 spiro atoms. The zero-order chi connectivity index (χ0) is 24.8. The van der Waals surface area contributed by atoms with Gasteiger partial charge in [0.25, 0.3) is 11.8 Å². The molecule has 0 saturated heterocycles. The summed E-state index contributed by atoms with van der Waals surface area (Å²) in [5.41, 5.74) is 3.59. The molecule has 8 nitrogen and oxygen atoms in total. The van der Waals surface area contributed by atoms with Crippen LogP contribution in [0.25, 0.3) is 0 Å². The van der Waals surface area contributed by atoms with Gasteiger partial charge < -0.3 is 24.7 Å². The summed E-state index contributed by atoms with van der Waals surface area (Å²) in [5, 5.41) is 6.23. The SMILES string of the molecule is CC[C@@H](NC(=O)c1cc(C(=O)N[C@H](CC)c2ccc(OC)nc2)n2c1COCC2)c1ccccc1. The number of nitrogens with one attached hydrogen (secondary N) is 2. The van der Waals surface area contributed by atoms with Crippen LogP contribution in [0.2, 0.25) is 0 Å². The van der Waals surface area contributed by atoms with Gasteiger partial charge in [-0.05, 0) is 30.0 Å². The van der Waals surface area contributed by atoms with Gasteiger partial charge in [-0.1, -0.05) is 50.2 Å². The monoisotopic (exact) mass is 476 g/mol. The minimum absolute atomic E-state index is 0.118. The fourth-order valence-corrected chi connectivity index (χ4v) is 4.42. The second-order valence-corrected chi connectivity index (χ2v) is 8.51. The molecule has 3 heterocycles. The van der Waals surface area contributed by atoms with Gasteiger partial charge in [-0.3, -0.25) is 9.59 Å². The largest absolute Gasteiger partial charge is 0.481 e. The number of methoxy groups -OCH3 is 1. The van der Waals surface area contributed by atoms with Crippen molar-refractivity contribution in [2.24, 2.45) is 0 Å². The van der Waals surface area contributed by atoms with Gasteiger partial charge in [-0.15, -0.1) is 0 Å². The zero-order valence-corrected chi connectivity index (χ0v) is 20.4. The van der Waals surface area contributed by atoms with E-state index in [-0.39, 0.29) is 30.5 Å².